The average molecular weight is 261 g/mol. The number of nitrogens with zero attached hydrogens (tertiary/aromatic N) is 2. The number of aromatic nitrogens is 1. The van der Waals surface area contributed by atoms with Crippen LogP contribution < -0.4 is 10.2 Å². The van der Waals surface area contributed by atoms with E-state index in [4.69, 9.17) is 0 Å². The summed E-state index contributed by atoms with van der Waals surface area (Å²) in [6.45, 7) is 8.34. The summed E-state index contributed by atoms with van der Waals surface area (Å²) in [6, 6.07) is 3.95. The smallest absolute Gasteiger partial charge is 0.270 e. The molecule has 1 aliphatic heterocycles. The molecule has 1 aromatic heterocycles. The maximum Gasteiger partial charge on any atom is 0.270 e. The van der Waals surface area contributed by atoms with Crippen LogP contribution >= 0.6 is 0 Å². The molecule has 0 saturated carbocycles. The van der Waals surface area contributed by atoms with E-state index in [1.807, 2.05) is 32.2 Å². The Morgan fingerprint density at radius 3 is 2.84 bits per heavy atom. The van der Waals surface area contributed by atoms with Crippen molar-refractivity contribution in [3.05, 3.63) is 24.0 Å². The Bertz CT molecular complexity index is 428. The van der Waals surface area contributed by atoms with Crippen LogP contribution in [0.4, 0.5) is 5.69 Å². The first-order valence-corrected chi connectivity index (χ1v) is 7.08. The van der Waals surface area contributed by atoms with Gasteiger partial charge in [0, 0.05) is 19.1 Å². The van der Waals surface area contributed by atoms with Gasteiger partial charge in [0.25, 0.3) is 5.91 Å². The third kappa shape index (κ3) is 3.69. The highest BCUT2D eigenvalue weighted by molar-refractivity contribution is 5.92. The SMILES string of the molecule is CC1CCCN(c2ccc(C(=O)NC(C)C)nc2)C1. The van der Waals surface area contributed by atoms with Gasteiger partial charge in [-0.15, -0.1) is 0 Å². The van der Waals surface area contributed by atoms with Gasteiger partial charge in [-0.3, -0.25) is 4.79 Å². The molecule has 2 heterocycles. The van der Waals surface area contributed by atoms with E-state index in [1.54, 1.807) is 0 Å². The summed E-state index contributed by atoms with van der Waals surface area (Å²) in [5, 5.41) is 2.85. The molecule has 1 aromatic rings. The van der Waals surface area contributed by atoms with Crippen molar-refractivity contribution in [1.82, 2.24) is 10.3 Å². The van der Waals surface area contributed by atoms with Crippen LogP contribution in [0.2, 0.25) is 0 Å². The fourth-order valence-electron chi connectivity index (χ4n) is 2.47. The molecular weight excluding hydrogens is 238 g/mol. The normalized spacial score (nSPS) is 19.6. The van der Waals surface area contributed by atoms with Gasteiger partial charge in [-0.1, -0.05) is 6.92 Å². The molecule has 0 aromatic carbocycles. The average Bonchev–Trinajstić information content (AvgIpc) is 2.38. The molecule has 2 rings (SSSR count). The zero-order chi connectivity index (χ0) is 13.8. The third-order valence-corrected chi connectivity index (χ3v) is 3.42. The molecule has 19 heavy (non-hydrogen) atoms. The predicted molar refractivity (Wildman–Crippen MR) is 77.5 cm³/mol. The number of pyridine rings is 1. The summed E-state index contributed by atoms with van der Waals surface area (Å²) in [5.74, 6) is 0.631. The molecule has 0 bridgehead atoms. The van der Waals surface area contributed by atoms with Crippen molar-refractivity contribution in [3.8, 4) is 0 Å². The Balaban J connectivity index is 2.03. The number of rotatable bonds is 3. The summed E-state index contributed by atoms with van der Waals surface area (Å²) < 4.78 is 0. The first kappa shape index (κ1) is 13.8. The van der Waals surface area contributed by atoms with Crippen LogP contribution in [0.15, 0.2) is 18.3 Å². The lowest BCUT2D eigenvalue weighted by Crippen LogP contribution is -2.34. The van der Waals surface area contributed by atoms with Crippen molar-refractivity contribution >= 4 is 11.6 Å². The monoisotopic (exact) mass is 261 g/mol. The van der Waals surface area contributed by atoms with Crippen molar-refractivity contribution in [1.29, 1.82) is 0 Å². The molecule has 1 amide bonds. The summed E-state index contributed by atoms with van der Waals surface area (Å²) in [6.07, 6.45) is 4.35. The molecule has 0 radical (unpaired) electrons. The van der Waals surface area contributed by atoms with Crippen molar-refractivity contribution in [3.63, 3.8) is 0 Å². The molecule has 1 unspecified atom stereocenters. The zero-order valence-corrected chi connectivity index (χ0v) is 12.0. The van der Waals surface area contributed by atoms with Gasteiger partial charge in [0.05, 0.1) is 11.9 Å². The summed E-state index contributed by atoms with van der Waals surface area (Å²) in [7, 11) is 0. The maximum absolute atomic E-state index is 11.8. The van der Waals surface area contributed by atoms with E-state index in [9.17, 15) is 4.79 Å². The highest BCUT2D eigenvalue weighted by atomic mass is 16.1. The number of anilines is 1. The van der Waals surface area contributed by atoms with Gasteiger partial charge in [0.15, 0.2) is 0 Å². The Labute approximate surface area is 115 Å². The second kappa shape index (κ2) is 6.04. The van der Waals surface area contributed by atoms with Gasteiger partial charge < -0.3 is 10.2 Å². The Morgan fingerprint density at radius 2 is 2.26 bits per heavy atom. The fraction of sp³-hybridized carbons (Fsp3) is 0.600. The predicted octanol–water partition coefficient (Wildman–Crippen LogP) is 2.46. The largest absolute Gasteiger partial charge is 0.370 e. The summed E-state index contributed by atoms with van der Waals surface area (Å²) >= 11 is 0. The van der Waals surface area contributed by atoms with Gasteiger partial charge in [-0.25, -0.2) is 4.98 Å². The molecule has 0 spiro atoms. The van der Waals surface area contributed by atoms with Gasteiger partial charge in [0.1, 0.15) is 5.69 Å². The van der Waals surface area contributed by atoms with Crippen LogP contribution in [0, 0.1) is 5.92 Å². The lowest BCUT2D eigenvalue weighted by atomic mass is 10.00. The number of carbonyl (C=O) groups excluding carboxylic acids is 1. The van der Waals surface area contributed by atoms with E-state index in [2.05, 4.69) is 22.1 Å². The number of carbonyl (C=O) groups is 1. The van der Waals surface area contributed by atoms with Gasteiger partial charge in [-0.2, -0.15) is 0 Å². The second-order valence-corrected chi connectivity index (χ2v) is 5.72. The van der Waals surface area contributed by atoms with Gasteiger partial charge in [0.2, 0.25) is 0 Å². The number of amides is 1. The lowest BCUT2D eigenvalue weighted by Gasteiger charge is -2.32. The minimum absolute atomic E-state index is 0.103. The van der Waals surface area contributed by atoms with E-state index in [1.165, 1.54) is 12.8 Å². The molecule has 4 heteroatoms. The van der Waals surface area contributed by atoms with Crippen LogP contribution in [0.25, 0.3) is 0 Å². The van der Waals surface area contributed by atoms with E-state index >= 15 is 0 Å². The first-order chi connectivity index (χ1) is 9.06. The Kier molecular flexibility index (Phi) is 4.40. The van der Waals surface area contributed by atoms with Gasteiger partial charge >= 0.3 is 0 Å². The van der Waals surface area contributed by atoms with E-state index in [0.717, 1.165) is 24.7 Å². The number of piperidine rings is 1. The summed E-state index contributed by atoms with van der Waals surface area (Å²) in [4.78, 5) is 18.4. The number of hydrogen-bond acceptors (Lipinski definition) is 3. The molecule has 1 fully saturated rings. The van der Waals surface area contributed by atoms with Gasteiger partial charge in [-0.05, 0) is 44.7 Å². The topological polar surface area (TPSA) is 45.2 Å². The van der Waals surface area contributed by atoms with E-state index in [0.29, 0.717) is 5.69 Å². The van der Waals surface area contributed by atoms with Crippen LogP contribution in [0.1, 0.15) is 44.1 Å². The minimum atomic E-state index is -0.103. The molecular formula is C15H23N3O. The molecule has 0 aliphatic carbocycles. The Morgan fingerprint density at radius 1 is 1.47 bits per heavy atom. The van der Waals surface area contributed by atoms with Crippen molar-refractivity contribution in [2.24, 2.45) is 5.92 Å². The highest BCUT2D eigenvalue weighted by Crippen LogP contribution is 2.22. The standard InChI is InChI=1S/C15H23N3O/c1-11(2)17-15(19)14-7-6-13(9-16-14)18-8-4-5-12(3)10-18/h6-7,9,11-12H,4-5,8,10H2,1-3H3,(H,17,19). The van der Waals surface area contributed by atoms with Crippen molar-refractivity contribution in [2.45, 2.75) is 39.7 Å². The van der Waals surface area contributed by atoms with Crippen LogP contribution in [-0.2, 0) is 0 Å². The Hall–Kier alpha value is -1.58. The molecule has 1 N–H and O–H groups in total. The van der Waals surface area contributed by atoms with E-state index < -0.39 is 0 Å². The van der Waals surface area contributed by atoms with Crippen LogP contribution in [0.3, 0.4) is 0 Å². The maximum atomic E-state index is 11.8. The van der Waals surface area contributed by atoms with Crippen LogP contribution in [0.5, 0.6) is 0 Å². The summed E-state index contributed by atoms with van der Waals surface area (Å²) in [5.41, 5.74) is 1.61. The van der Waals surface area contributed by atoms with Crippen molar-refractivity contribution in [2.75, 3.05) is 18.0 Å². The number of nitrogens with one attached hydrogen (secondary N) is 1. The molecule has 104 valence electrons. The first-order valence-electron chi connectivity index (χ1n) is 7.08. The lowest BCUT2D eigenvalue weighted by molar-refractivity contribution is 0.0938. The molecule has 4 nitrogen and oxygen atoms in total. The minimum Gasteiger partial charge on any atom is -0.370 e. The third-order valence-electron chi connectivity index (χ3n) is 3.42. The van der Waals surface area contributed by atoms with Crippen LogP contribution in [-0.4, -0.2) is 30.0 Å². The highest BCUT2D eigenvalue weighted by Gasteiger charge is 2.17. The second-order valence-electron chi connectivity index (χ2n) is 5.72. The van der Waals surface area contributed by atoms with E-state index in [-0.39, 0.29) is 11.9 Å². The van der Waals surface area contributed by atoms with Crippen molar-refractivity contribution < 1.29 is 4.79 Å². The number of hydrogen-bond donors (Lipinski definition) is 1. The zero-order valence-electron chi connectivity index (χ0n) is 12.0. The quantitative estimate of drug-likeness (QED) is 0.909. The fourth-order valence-corrected chi connectivity index (χ4v) is 2.47. The molecule has 1 saturated heterocycles. The molecule has 1 atom stereocenters. The molecule has 1 aliphatic rings.